The molecule has 5 nitrogen and oxygen atoms in total. The highest BCUT2D eigenvalue weighted by molar-refractivity contribution is 5.86. The molecule has 30 heavy (non-hydrogen) atoms. The van der Waals surface area contributed by atoms with Gasteiger partial charge in [-0.05, 0) is 24.8 Å². The molecule has 0 aliphatic carbocycles. The molecule has 0 saturated carbocycles. The summed E-state index contributed by atoms with van der Waals surface area (Å²) in [6.07, 6.45) is -1.97. The number of morpholine rings is 1. The van der Waals surface area contributed by atoms with Crippen molar-refractivity contribution < 1.29 is 27.4 Å². The van der Waals surface area contributed by atoms with Crippen LogP contribution in [0.25, 0.3) is 0 Å². The second kappa shape index (κ2) is 10.4. The summed E-state index contributed by atoms with van der Waals surface area (Å²) in [7, 11) is 0. The van der Waals surface area contributed by atoms with Gasteiger partial charge in [0.1, 0.15) is 0 Å². The minimum atomic E-state index is -4.80. The second-order valence-corrected chi connectivity index (χ2v) is 7.72. The van der Waals surface area contributed by atoms with Gasteiger partial charge in [-0.1, -0.05) is 42.0 Å². The molecule has 166 valence electrons. The standard InChI is InChI=1S/C22H29F3N2O3/c23-22(24,25)21(20(28)26-10-11-27-12-15-29-16-13-27)17-19(7-4-14-30-21)9-8-18-5-2-1-3-6-18/h1-3,5-6,9H,4,7-8,10-17H2,(H,26,28). The normalized spacial score (nSPS) is 25.1. The molecule has 8 heteroatoms. The molecule has 1 aromatic carbocycles. The number of alkyl halides is 3. The quantitative estimate of drug-likeness (QED) is 0.711. The van der Waals surface area contributed by atoms with Gasteiger partial charge in [0.15, 0.2) is 0 Å². The van der Waals surface area contributed by atoms with Gasteiger partial charge in [-0.3, -0.25) is 9.69 Å². The number of carbonyl (C=O) groups excluding carboxylic acids is 1. The molecule has 1 aromatic rings. The first-order valence-corrected chi connectivity index (χ1v) is 10.4. The Hall–Kier alpha value is -1.90. The summed E-state index contributed by atoms with van der Waals surface area (Å²) in [5.74, 6) is -1.10. The molecular weight excluding hydrogens is 397 g/mol. The summed E-state index contributed by atoms with van der Waals surface area (Å²) in [5, 5.41) is 2.48. The molecule has 1 N–H and O–H groups in total. The van der Waals surface area contributed by atoms with E-state index < -0.39 is 24.1 Å². The van der Waals surface area contributed by atoms with Crippen molar-refractivity contribution in [3.63, 3.8) is 0 Å². The van der Waals surface area contributed by atoms with Gasteiger partial charge in [-0.25, -0.2) is 0 Å². The van der Waals surface area contributed by atoms with Crippen LogP contribution >= 0.6 is 0 Å². The SMILES string of the molecule is O=C(NCCN1CCOCC1)C1(C(F)(F)F)CC(=CCc2ccccc2)CCCO1. The largest absolute Gasteiger partial charge is 0.426 e. The maximum Gasteiger partial charge on any atom is 0.426 e. The number of nitrogens with zero attached hydrogens (tertiary/aromatic N) is 1. The van der Waals surface area contributed by atoms with Gasteiger partial charge in [-0.15, -0.1) is 0 Å². The first-order chi connectivity index (χ1) is 14.4. The lowest BCUT2D eigenvalue weighted by molar-refractivity contribution is -0.265. The molecule has 2 aliphatic heterocycles. The van der Waals surface area contributed by atoms with Crippen molar-refractivity contribution in [3.8, 4) is 0 Å². The molecule has 0 aromatic heterocycles. The highest BCUT2D eigenvalue weighted by Crippen LogP contribution is 2.41. The number of halogens is 3. The van der Waals surface area contributed by atoms with Crippen molar-refractivity contribution in [2.75, 3.05) is 46.0 Å². The van der Waals surface area contributed by atoms with Crippen molar-refractivity contribution in [1.29, 1.82) is 0 Å². The van der Waals surface area contributed by atoms with E-state index in [9.17, 15) is 18.0 Å². The fourth-order valence-electron chi connectivity index (χ4n) is 3.81. The van der Waals surface area contributed by atoms with Crippen LogP contribution in [-0.4, -0.2) is 68.6 Å². The average Bonchev–Trinajstić information content (AvgIpc) is 2.97. The Morgan fingerprint density at radius 1 is 1.17 bits per heavy atom. The van der Waals surface area contributed by atoms with E-state index in [1.165, 1.54) is 0 Å². The van der Waals surface area contributed by atoms with E-state index in [0.29, 0.717) is 57.7 Å². The Morgan fingerprint density at radius 3 is 2.60 bits per heavy atom. The van der Waals surface area contributed by atoms with Gasteiger partial charge in [0.2, 0.25) is 5.60 Å². The van der Waals surface area contributed by atoms with Gasteiger partial charge >= 0.3 is 6.18 Å². The van der Waals surface area contributed by atoms with E-state index in [4.69, 9.17) is 9.47 Å². The lowest BCUT2D eigenvalue weighted by atomic mass is 9.90. The van der Waals surface area contributed by atoms with Crippen LogP contribution in [0.5, 0.6) is 0 Å². The second-order valence-electron chi connectivity index (χ2n) is 7.72. The molecule has 2 saturated heterocycles. The third kappa shape index (κ3) is 5.83. The first-order valence-electron chi connectivity index (χ1n) is 10.4. The third-order valence-electron chi connectivity index (χ3n) is 5.58. The molecule has 2 aliphatic rings. The molecule has 2 fully saturated rings. The highest BCUT2D eigenvalue weighted by Gasteiger charge is 2.62. The van der Waals surface area contributed by atoms with Crippen molar-refractivity contribution in [2.45, 2.75) is 37.5 Å². The van der Waals surface area contributed by atoms with Crippen LogP contribution in [0.4, 0.5) is 13.2 Å². The van der Waals surface area contributed by atoms with Crippen LogP contribution in [0.15, 0.2) is 42.0 Å². The summed E-state index contributed by atoms with van der Waals surface area (Å²) in [5.41, 5.74) is -1.21. The van der Waals surface area contributed by atoms with Crippen molar-refractivity contribution in [1.82, 2.24) is 10.2 Å². The number of benzene rings is 1. The molecule has 0 spiro atoms. The number of rotatable bonds is 6. The van der Waals surface area contributed by atoms with Gasteiger partial charge in [0, 0.05) is 39.2 Å². The van der Waals surface area contributed by atoms with Crippen LogP contribution in [-0.2, 0) is 20.7 Å². The Bertz CT molecular complexity index is 718. The van der Waals surface area contributed by atoms with E-state index in [0.717, 1.165) is 5.56 Å². The number of carbonyl (C=O) groups is 1. The molecular formula is C22H29F3N2O3. The predicted molar refractivity (Wildman–Crippen MR) is 107 cm³/mol. The molecule has 1 atom stereocenters. The zero-order chi connectivity index (χ0) is 21.5. The fraction of sp³-hybridized carbons (Fsp3) is 0.591. The summed E-state index contributed by atoms with van der Waals surface area (Å²) in [6, 6.07) is 9.54. The van der Waals surface area contributed by atoms with Gasteiger partial charge in [0.05, 0.1) is 13.2 Å². The Balaban J connectivity index is 1.69. The van der Waals surface area contributed by atoms with E-state index in [2.05, 4.69) is 10.2 Å². The fourth-order valence-corrected chi connectivity index (χ4v) is 3.81. The average molecular weight is 426 g/mol. The number of amides is 1. The van der Waals surface area contributed by atoms with Gasteiger partial charge in [0.25, 0.3) is 5.91 Å². The monoisotopic (exact) mass is 426 g/mol. The topological polar surface area (TPSA) is 50.8 Å². The van der Waals surface area contributed by atoms with E-state index >= 15 is 0 Å². The van der Waals surface area contributed by atoms with Crippen LogP contribution in [0, 0.1) is 0 Å². The molecule has 0 bridgehead atoms. The molecule has 1 unspecified atom stereocenters. The van der Waals surface area contributed by atoms with E-state index in [1.807, 2.05) is 36.4 Å². The Labute approximate surface area is 175 Å². The van der Waals surface area contributed by atoms with E-state index in [1.54, 1.807) is 0 Å². The molecule has 1 amide bonds. The summed E-state index contributed by atoms with van der Waals surface area (Å²) in [6.45, 7) is 3.15. The predicted octanol–water partition coefficient (Wildman–Crippen LogP) is 3.11. The maximum atomic E-state index is 14.1. The number of nitrogens with one attached hydrogen (secondary N) is 1. The van der Waals surface area contributed by atoms with Gasteiger partial charge in [-0.2, -0.15) is 13.2 Å². The minimum Gasteiger partial charge on any atom is -0.379 e. The van der Waals surface area contributed by atoms with Gasteiger partial charge < -0.3 is 14.8 Å². The molecule has 2 heterocycles. The number of hydrogen-bond acceptors (Lipinski definition) is 4. The lowest BCUT2D eigenvalue weighted by Gasteiger charge is -2.34. The number of hydrogen-bond donors (Lipinski definition) is 1. The van der Waals surface area contributed by atoms with Crippen LogP contribution in [0.3, 0.4) is 0 Å². The molecule has 0 radical (unpaired) electrons. The van der Waals surface area contributed by atoms with Crippen LogP contribution in [0.1, 0.15) is 24.8 Å². The minimum absolute atomic E-state index is 0.0981. The maximum absolute atomic E-state index is 14.1. The smallest absolute Gasteiger partial charge is 0.379 e. The first kappa shape index (κ1) is 22.8. The highest BCUT2D eigenvalue weighted by atomic mass is 19.4. The number of ether oxygens (including phenoxy) is 2. The van der Waals surface area contributed by atoms with Crippen LogP contribution in [0.2, 0.25) is 0 Å². The Kier molecular flexibility index (Phi) is 7.91. The zero-order valence-corrected chi connectivity index (χ0v) is 17.0. The lowest BCUT2D eigenvalue weighted by Crippen LogP contribution is -2.59. The zero-order valence-electron chi connectivity index (χ0n) is 17.0. The number of allylic oxidation sites excluding steroid dienone is 1. The summed E-state index contributed by atoms with van der Waals surface area (Å²) >= 11 is 0. The Morgan fingerprint density at radius 2 is 1.90 bits per heavy atom. The van der Waals surface area contributed by atoms with Crippen molar-refractivity contribution in [2.24, 2.45) is 0 Å². The van der Waals surface area contributed by atoms with Crippen LogP contribution < -0.4 is 5.32 Å². The third-order valence-corrected chi connectivity index (χ3v) is 5.58. The summed E-state index contributed by atoms with van der Waals surface area (Å²) in [4.78, 5) is 14.8. The molecule has 3 rings (SSSR count). The van der Waals surface area contributed by atoms with Crippen molar-refractivity contribution >= 4 is 5.91 Å². The van der Waals surface area contributed by atoms with Crippen molar-refractivity contribution in [3.05, 3.63) is 47.5 Å². The van der Waals surface area contributed by atoms with E-state index in [-0.39, 0.29) is 13.2 Å². The summed E-state index contributed by atoms with van der Waals surface area (Å²) < 4.78 is 52.8.